The van der Waals surface area contributed by atoms with E-state index in [1.54, 1.807) is 0 Å². The Morgan fingerprint density at radius 1 is 1.07 bits per heavy atom. The summed E-state index contributed by atoms with van der Waals surface area (Å²) in [5, 5.41) is 34.0. The molecule has 4 atom stereocenters. The van der Waals surface area contributed by atoms with E-state index in [9.17, 15) is 9.59 Å². The van der Waals surface area contributed by atoms with E-state index in [1.165, 1.54) is 48.9 Å². The molecule has 3 unspecified atom stereocenters. The molecule has 168 valence electrons. The monoisotopic (exact) mass is 463 g/mol. The first kappa shape index (κ1) is 24.8. The van der Waals surface area contributed by atoms with Gasteiger partial charge in [-0.3, -0.25) is 0 Å². The maximum Gasteiger partial charge on any atom is 0.335 e. The quantitative estimate of drug-likeness (QED) is 0.368. The van der Waals surface area contributed by atoms with Gasteiger partial charge in [-0.25, -0.2) is 9.59 Å². The third-order valence-corrected chi connectivity index (χ3v) is 6.25. The molecule has 0 bridgehead atoms. The lowest BCUT2D eigenvalue weighted by Crippen LogP contribution is -2.47. The van der Waals surface area contributed by atoms with Crippen LogP contribution in [0.1, 0.15) is 24.8 Å². The summed E-state index contributed by atoms with van der Waals surface area (Å²) in [5.41, 5.74) is 7.12. The van der Waals surface area contributed by atoms with E-state index in [0.29, 0.717) is 10.9 Å². The minimum atomic E-state index is -2.27. The second kappa shape index (κ2) is 10.7. The Kier molecular flexibility index (Phi) is 8.90. The highest BCUT2D eigenvalue weighted by Gasteiger charge is 2.42. The van der Waals surface area contributed by atoms with Crippen LogP contribution in [0.4, 0.5) is 0 Å². The number of carboxylic acids is 2. The molecule has 10 heteroatoms. The predicted octanol–water partition coefficient (Wildman–Crippen LogP) is 1.58. The van der Waals surface area contributed by atoms with E-state index < -0.39 is 24.1 Å². The molecule has 30 heavy (non-hydrogen) atoms. The number of rotatable bonds is 8. The summed E-state index contributed by atoms with van der Waals surface area (Å²) in [7, 11) is 0. The molecular formula is C20H29Cl2N2O6+. The van der Waals surface area contributed by atoms with Crippen LogP contribution in [-0.4, -0.2) is 75.2 Å². The van der Waals surface area contributed by atoms with Crippen molar-refractivity contribution in [1.29, 1.82) is 0 Å². The number of nitrogens with two attached hydrogens (primary N) is 1. The molecule has 1 saturated carbocycles. The number of aliphatic carboxylic acids is 2. The molecule has 8 nitrogen and oxygen atoms in total. The minimum absolute atomic E-state index is 0.680. The average Bonchev–Trinajstić information content (AvgIpc) is 3.40. The number of likely N-dealkylation sites (tertiary alicyclic amines) is 1. The lowest BCUT2D eigenvalue weighted by atomic mass is 10.1. The highest BCUT2D eigenvalue weighted by Crippen LogP contribution is 2.38. The fourth-order valence-electron chi connectivity index (χ4n) is 3.88. The standard InChI is InChI=1S/C16H23Cl2N2.C4H6O6/c17-15-4-3-14(16(18)7-15)11-20(9-12-1-2-12)6-5-13(8-19)10-20;5-1(3(7)8)2(6)4(9)10/h3-4,7,12-13H,1-2,5-6,8-11,19H2;1-2,5-6H,(H,7,8)(H,9,10)/q+1;/t13-,20?;/m0./s1. The van der Waals surface area contributed by atoms with Crippen LogP contribution in [0.25, 0.3) is 0 Å². The Morgan fingerprint density at radius 3 is 2.10 bits per heavy atom. The van der Waals surface area contributed by atoms with Gasteiger partial charge in [0, 0.05) is 35.4 Å². The molecule has 1 aliphatic heterocycles. The molecular weight excluding hydrogens is 435 g/mol. The fraction of sp³-hybridized carbons (Fsp3) is 0.600. The number of hydrogen-bond acceptors (Lipinski definition) is 5. The molecule has 0 amide bonds. The summed E-state index contributed by atoms with van der Waals surface area (Å²) in [6.07, 6.45) is -0.465. The zero-order valence-electron chi connectivity index (χ0n) is 16.6. The smallest absolute Gasteiger partial charge is 0.335 e. The maximum absolute atomic E-state index is 9.77. The number of carboxylic acid groups (broad SMARTS) is 2. The van der Waals surface area contributed by atoms with Gasteiger partial charge in [0.25, 0.3) is 0 Å². The van der Waals surface area contributed by atoms with Gasteiger partial charge in [0.05, 0.1) is 24.7 Å². The van der Waals surface area contributed by atoms with Crippen molar-refractivity contribution in [1.82, 2.24) is 0 Å². The zero-order chi connectivity index (χ0) is 22.5. The van der Waals surface area contributed by atoms with Gasteiger partial charge < -0.3 is 30.6 Å². The minimum Gasteiger partial charge on any atom is -0.479 e. The van der Waals surface area contributed by atoms with Gasteiger partial charge in [0.15, 0.2) is 12.2 Å². The average molecular weight is 464 g/mol. The summed E-state index contributed by atoms with van der Waals surface area (Å²) >= 11 is 12.4. The number of aliphatic hydroxyl groups excluding tert-OH is 2. The number of carbonyl (C=O) groups is 2. The number of quaternary nitrogens is 1. The number of hydrogen-bond donors (Lipinski definition) is 5. The summed E-state index contributed by atoms with van der Waals surface area (Å²) < 4.78 is 1.17. The number of benzene rings is 1. The van der Waals surface area contributed by atoms with Crippen molar-refractivity contribution in [2.75, 3.05) is 26.2 Å². The highest BCUT2D eigenvalue weighted by molar-refractivity contribution is 6.35. The summed E-state index contributed by atoms with van der Waals surface area (Å²) in [6, 6.07) is 5.91. The number of aliphatic hydroxyl groups is 2. The molecule has 2 fully saturated rings. The molecule has 1 aliphatic carbocycles. The maximum atomic E-state index is 9.77. The molecule has 0 radical (unpaired) electrons. The molecule has 0 spiro atoms. The van der Waals surface area contributed by atoms with Crippen molar-refractivity contribution >= 4 is 35.1 Å². The van der Waals surface area contributed by atoms with E-state index in [2.05, 4.69) is 6.07 Å². The van der Waals surface area contributed by atoms with Crippen molar-refractivity contribution in [2.24, 2.45) is 17.6 Å². The van der Waals surface area contributed by atoms with Crippen molar-refractivity contribution in [3.05, 3.63) is 33.8 Å². The lowest BCUT2D eigenvalue weighted by Gasteiger charge is -2.35. The zero-order valence-corrected chi connectivity index (χ0v) is 18.1. The Balaban J connectivity index is 0.000000274. The van der Waals surface area contributed by atoms with Crippen molar-refractivity contribution in [3.63, 3.8) is 0 Å². The van der Waals surface area contributed by atoms with Gasteiger partial charge in [0.1, 0.15) is 6.54 Å². The van der Waals surface area contributed by atoms with Crippen molar-refractivity contribution < 1.29 is 34.5 Å². The van der Waals surface area contributed by atoms with Crippen LogP contribution in [0.3, 0.4) is 0 Å². The second-order valence-electron chi connectivity index (χ2n) is 8.22. The fourth-order valence-corrected chi connectivity index (χ4v) is 4.35. The van der Waals surface area contributed by atoms with E-state index in [-0.39, 0.29) is 0 Å². The second-order valence-corrected chi connectivity index (χ2v) is 9.07. The Morgan fingerprint density at radius 2 is 1.67 bits per heavy atom. The first-order valence-corrected chi connectivity index (χ1v) is 10.6. The number of halogens is 2. The first-order valence-electron chi connectivity index (χ1n) is 9.87. The summed E-state index contributed by atoms with van der Waals surface area (Å²) in [4.78, 5) is 19.5. The van der Waals surface area contributed by atoms with Crippen molar-refractivity contribution in [3.8, 4) is 0 Å². The third kappa shape index (κ3) is 7.08. The Hall–Kier alpha value is -1.42. The molecule has 1 aromatic rings. The molecule has 2 aliphatic rings. The lowest BCUT2D eigenvalue weighted by molar-refractivity contribution is -0.932. The molecule has 1 heterocycles. The summed E-state index contributed by atoms with van der Waals surface area (Å²) in [6.45, 7) is 5.61. The van der Waals surface area contributed by atoms with Gasteiger partial charge in [-0.05, 0) is 25.0 Å². The Labute approximate surface area is 185 Å². The normalized spacial score (nSPS) is 25.2. The van der Waals surface area contributed by atoms with E-state index >= 15 is 0 Å². The van der Waals surface area contributed by atoms with Crippen LogP contribution >= 0.6 is 23.2 Å². The van der Waals surface area contributed by atoms with Crippen LogP contribution in [0.15, 0.2) is 18.2 Å². The Bertz CT molecular complexity index is 743. The highest BCUT2D eigenvalue weighted by atomic mass is 35.5. The molecule has 6 N–H and O–H groups in total. The van der Waals surface area contributed by atoms with E-state index in [4.69, 9.17) is 49.4 Å². The molecule has 1 saturated heterocycles. The molecule has 3 rings (SSSR count). The molecule has 0 aromatic heterocycles. The van der Waals surface area contributed by atoms with Gasteiger partial charge in [-0.1, -0.05) is 29.3 Å². The number of nitrogens with zero attached hydrogens (tertiary/aromatic N) is 1. The van der Waals surface area contributed by atoms with Crippen LogP contribution in [-0.2, 0) is 16.1 Å². The SMILES string of the molecule is NC[C@@H]1CC[N+](Cc2ccc(Cl)cc2Cl)(CC2CC2)C1.O=C(O)C(O)C(O)C(=O)O. The third-order valence-electron chi connectivity index (χ3n) is 5.66. The predicted molar refractivity (Wildman–Crippen MR) is 112 cm³/mol. The topological polar surface area (TPSA) is 141 Å². The van der Waals surface area contributed by atoms with Gasteiger partial charge in [-0.2, -0.15) is 0 Å². The van der Waals surface area contributed by atoms with Crippen molar-refractivity contribution in [2.45, 2.75) is 38.0 Å². The van der Waals surface area contributed by atoms with Crippen LogP contribution in [0.2, 0.25) is 10.0 Å². The van der Waals surface area contributed by atoms with Gasteiger partial charge >= 0.3 is 11.9 Å². The first-order chi connectivity index (χ1) is 14.1. The van der Waals surface area contributed by atoms with Crippen LogP contribution in [0, 0.1) is 11.8 Å². The largest absolute Gasteiger partial charge is 0.479 e. The molecule has 1 aromatic carbocycles. The van der Waals surface area contributed by atoms with Crippen LogP contribution < -0.4 is 5.73 Å². The van der Waals surface area contributed by atoms with E-state index in [0.717, 1.165) is 24.0 Å². The van der Waals surface area contributed by atoms with Gasteiger partial charge in [0.2, 0.25) is 0 Å². The van der Waals surface area contributed by atoms with E-state index in [1.807, 2.05) is 12.1 Å². The van der Waals surface area contributed by atoms with Crippen LogP contribution in [0.5, 0.6) is 0 Å². The summed E-state index contributed by atoms with van der Waals surface area (Å²) in [5.74, 6) is -1.93. The van der Waals surface area contributed by atoms with Gasteiger partial charge in [-0.15, -0.1) is 0 Å².